The number of aromatic nitrogens is 2. The minimum Gasteiger partial charge on any atom is -0.325 e. The summed E-state index contributed by atoms with van der Waals surface area (Å²) in [5.41, 5.74) is 4.62. The molecule has 2 heterocycles. The average Bonchev–Trinajstić information content (AvgIpc) is 3.06. The first-order valence-corrected chi connectivity index (χ1v) is 9.20. The highest BCUT2D eigenvalue weighted by molar-refractivity contribution is 7.13. The number of carbonyl (C=O) groups is 1. The van der Waals surface area contributed by atoms with Gasteiger partial charge in [-0.25, -0.2) is 4.98 Å². The number of nitrogens with one attached hydrogen (secondary N) is 1. The molecule has 3 aromatic rings. The lowest BCUT2D eigenvalue weighted by Gasteiger charge is -2.11. The first kappa shape index (κ1) is 17.6. The highest BCUT2D eigenvalue weighted by Crippen LogP contribution is 2.28. The maximum Gasteiger partial charge on any atom is 0.224 e. The summed E-state index contributed by atoms with van der Waals surface area (Å²) < 4.78 is 0. The number of amides is 1. The van der Waals surface area contributed by atoms with Crippen LogP contribution in [0.15, 0.2) is 42.0 Å². The van der Waals surface area contributed by atoms with Gasteiger partial charge < -0.3 is 5.32 Å². The fraction of sp³-hybridized carbons (Fsp3) is 0.211. The normalized spacial score (nSPS) is 10.7. The monoisotopic (exact) mass is 371 g/mol. The van der Waals surface area contributed by atoms with Crippen molar-refractivity contribution >= 4 is 34.5 Å². The lowest BCUT2D eigenvalue weighted by molar-refractivity contribution is -0.116. The van der Waals surface area contributed by atoms with E-state index in [-0.39, 0.29) is 5.91 Å². The second-order valence-corrected chi connectivity index (χ2v) is 7.14. The highest BCUT2D eigenvalue weighted by Gasteiger charge is 2.11. The van der Waals surface area contributed by atoms with Crippen molar-refractivity contribution in [2.24, 2.45) is 0 Å². The van der Waals surface area contributed by atoms with E-state index in [1.54, 1.807) is 23.7 Å². The Labute approximate surface area is 155 Å². The van der Waals surface area contributed by atoms with Gasteiger partial charge in [0, 0.05) is 29.8 Å². The van der Waals surface area contributed by atoms with Crippen LogP contribution >= 0.6 is 22.9 Å². The third kappa shape index (κ3) is 4.44. The Morgan fingerprint density at radius 1 is 1.32 bits per heavy atom. The molecule has 128 valence electrons. The molecule has 0 bridgehead atoms. The summed E-state index contributed by atoms with van der Waals surface area (Å²) >= 11 is 7.80. The van der Waals surface area contributed by atoms with Gasteiger partial charge in [0.05, 0.1) is 16.4 Å². The zero-order chi connectivity index (χ0) is 17.8. The summed E-state index contributed by atoms with van der Waals surface area (Å²) in [5, 5.41) is 6.38. The summed E-state index contributed by atoms with van der Waals surface area (Å²) in [4.78, 5) is 20.9. The Balaban J connectivity index is 1.61. The quantitative estimate of drug-likeness (QED) is 0.683. The van der Waals surface area contributed by atoms with Gasteiger partial charge >= 0.3 is 0 Å². The molecule has 1 aromatic carbocycles. The topological polar surface area (TPSA) is 54.9 Å². The fourth-order valence-electron chi connectivity index (χ4n) is 2.56. The van der Waals surface area contributed by atoms with Gasteiger partial charge in [-0.2, -0.15) is 0 Å². The average molecular weight is 372 g/mol. The molecule has 0 aliphatic heterocycles. The van der Waals surface area contributed by atoms with E-state index < -0.39 is 0 Å². The van der Waals surface area contributed by atoms with Gasteiger partial charge in [-0.1, -0.05) is 17.7 Å². The Morgan fingerprint density at radius 3 is 2.88 bits per heavy atom. The maximum absolute atomic E-state index is 12.2. The van der Waals surface area contributed by atoms with E-state index in [9.17, 15) is 4.79 Å². The molecule has 0 fully saturated rings. The molecule has 0 aliphatic carbocycles. The summed E-state index contributed by atoms with van der Waals surface area (Å²) in [6.07, 6.45) is 4.48. The van der Waals surface area contributed by atoms with Crippen molar-refractivity contribution in [2.45, 2.75) is 26.7 Å². The molecule has 6 heteroatoms. The van der Waals surface area contributed by atoms with E-state index in [0.717, 1.165) is 27.4 Å². The van der Waals surface area contributed by atoms with Crippen LogP contribution < -0.4 is 5.32 Å². The Morgan fingerprint density at radius 2 is 2.16 bits per heavy atom. The summed E-state index contributed by atoms with van der Waals surface area (Å²) in [6.45, 7) is 3.92. The molecule has 0 saturated heterocycles. The Bertz CT molecular complexity index is 870. The number of anilines is 1. The summed E-state index contributed by atoms with van der Waals surface area (Å²) in [7, 11) is 0. The van der Waals surface area contributed by atoms with E-state index in [4.69, 9.17) is 11.6 Å². The van der Waals surface area contributed by atoms with Gasteiger partial charge in [0.1, 0.15) is 5.01 Å². The van der Waals surface area contributed by atoms with Crippen LogP contribution in [-0.2, 0) is 11.2 Å². The van der Waals surface area contributed by atoms with Crippen LogP contribution in [0.25, 0.3) is 10.6 Å². The number of rotatable bonds is 5. The predicted molar refractivity (Wildman–Crippen MR) is 103 cm³/mol. The third-order valence-electron chi connectivity index (χ3n) is 3.76. The molecule has 4 nitrogen and oxygen atoms in total. The number of nitrogens with zero attached hydrogens (tertiary/aromatic N) is 2. The zero-order valence-electron chi connectivity index (χ0n) is 14.0. The third-order valence-corrected chi connectivity index (χ3v) is 5.00. The molecule has 0 atom stereocenters. The number of thiazole rings is 1. The van der Waals surface area contributed by atoms with Crippen LogP contribution in [0.1, 0.15) is 23.2 Å². The largest absolute Gasteiger partial charge is 0.325 e. The number of aryl methyl sites for hydroxylation is 3. The molecule has 3 rings (SSSR count). The van der Waals surface area contributed by atoms with Gasteiger partial charge in [-0.05, 0) is 49.6 Å². The second-order valence-electron chi connectivity index (χ2n) is 5.87. The van der Waals surface area contributed by atoms with Crippen LogP contribution in [-0.4, -0.2) is 15.9 Å². The van der Waals surface area contributed by atoms with E-state index in [0.29, 0.717) is 23.6 Å². The zero-order valence-corrected chi connectivity index (χ0v) is 15.6. The van der Waals surface area contributed by atoms with Crippen LogP contribution in [0, 0.1) is 13.8 Å². The highest BCUT2D eigenvalue weighted by atomic mass is 35.5. The lowest BCUT2D eigenvalue weighted by atomic mass is 10.1. The molecule has 0 aliphatic rings. The van der Waals surface area contributed by atoms with Crippen molar-refractivity contribution in [2.75, 3.05) is 5.32 Å². The summed E-state index contributed by atoms with van der Waals surface area (Å²) in [6, 6.07) is 7.72. The van der Waals surface area contributed by atoms with Gasteiger partial charge in [0.2, 0.25) is 5.91 Å². The van der Waals surface area contributed by atoms with E-state index in [1.807, 2.05) is 43.5 Å². The number of halogens is 1. The van der Waals surface area contributed by atoms with E-state index in [1.165, 1.54) is 0 Å². The Kier molecular flexibility index (Phi) is 5.46. The van der Waals surface area contributed by atoms with Gasteiger partial charge in [-0.3, -0.25) is 9.78 Å². The molecule has 0 unspecified atom stereocenters. The van der Waals surface area contributed by atoms with Crippen molar-refractivity contribution < 1.29 is 4.79 Å². The van der Waals surface area contributed by atoms with Gasteiger partial charge in [0.25, 0.3) is 0 Å². The fourth-order valence-corrected chi connectivity index (χ4v) is 3.77. The number of carbonyl (C=O) groups excluding carboxylic acids is 1. The minimum absolute atomic E-state index is 0.0650. The van der Waals surface area contributed by atoms with Crippen molar-refractivity contribution in [3.05, 3.63) is 63.9 Å². The van der Waals surface area contributed by atoms with Crippen LogP contribution in [0.3, 0.4) is 0 Å². The van der Waals surface area contributed by atoms with Crippen molar-refractivity contribution in [1.29, 1.82) is 0 Å². The number of pyridine rings is 1. The maximum atomic E-state index is 12.2. The van der Waals surface area contributed by atoms with Gasteiger partial charge in [0.15, 0.2) is 0 Å². The smallest absolute Gasteiger partial charge is 0.224 e. The molecule has 1 N–H and O–H groups in total. The van der Waals surface area contributed by atoms with E-state index >= 15 is 0 Å². The predicted octanol–water partition coefficient (Wildman–Crippen LogP) is 5.05. The van der Waals surface area contributed by atoms with Crippen molar-refractivity contribution in [1.82, 2.24) is 9.97 Å². The molecule has 0 radical (unpaired) electrons. The molecule has 1 amide bonds. The Hall–Kier alpha value is -2.24. The minimum atomic E-state index is -0.0650. The molecule has 0 saturated carbocycles. The molecule has 25 heavy (non-hydrogen) atoms. The van der Waals surface area contributed by atoms with Crippen molar-refractivity contribution in [3.63, 3.8) is 0 Å². The molecular formula is C19H18ClN3OS. The van der Waals surface area contributed by atoms with Crippen LogP contribution in [0.5, 0.6) is 0 Å². The number of hydrogen-bond donors (Lipinski definition) is 1. The van der Waals surface area contributed by atoms with Gasteiger partial charge in [-0.15, -0.1) is 11.3 Å². The molecular weight excluding hydrogens is 354 g/mol. The second kappa shape index (κ2) is 7.76. The number of benzene rings is 1. The SMILES string of the molecule is Cc1cc(C)c(NC(=O)CCc2csc(-c3cccnc3)n2)c(Cl)c1. The standard InChI is InChI=1S/C19H18ClN3OS/c1-12-8-13(2)18(16(20)9-12)23-17(24)6-5-15-11-25-19(22-15)14-4-3-7-21-10-14/h3-4,7-11H,5-6H2,1-2H3,(H,23,24). The summed E-state index contributed by atoms with van der Waals surface area (Å²) in [5.74, 6) is -0.0650. The first-order chi connectivity index (χ1) is 12.0. The van der Waals surface area contributed by atoms with Crippen molar-refractivity contribution in [3.8, 4) is 10.6 Å². The molecule has 2 aromatic heterocycles. The first-order valence-electron chi connectivity index (χ1n) is 7.94. The number of hydrogen-bond acceptors (Lipinski definition) is 4. The van der Waals surface area contributed by atoms with Crippen LogP contribution in [0.2, 0.25) is 5.02 Å². The lowest BCUT2D eigenvalue weighted by Crippen LogP contribution is -2.13. The molecule has 0 spiro atoms. The van der Waals surface area contributed by atoms with Crippen LogP contribution in [0.4, 0.5) is 5.69 Å². The van der Waals surface area contributed by atoms with E-state index in [2.05, 4.69) is 15.3 Å².